The molecule has 15 heavy (non-hydrogen) atoms. The molecule has 2 aliphatic rings. The lowest BCUT2D eigenvalue weighted by atomic mass is 9.84. The molecule has 0 spiro atoms. The molecule has 0 radical (unpaired) electrons. The zero-order chi connectivity index (χ0) is 10.9. The highest BCUT2D eigenvalue weighted by Gasteiger charge is 2.42. The highest BCUT2D eigenvalue weighted by Crippen LogP contribution is 2.34. The molecule has 0 amide bonds. The number of alkyl halides is 1. The Morgan fingerprint density at radius 3 is 2.27 bits per heavy atom. The number of rotatable bonds is 4. The van der Waals surface area contributed by atoms with Crippen molar-refractivity contribution < 1.29 is 8.42 Å². The van der Waals surface area contributed by atoms with Gasteiger partial charge in [-0.1, -0.05) is 19.3 Å². The van der Waals surface area contributed by atoms with Gasteiger partial charge in [0, 0.05) is 11.4 Å². The van der Waals surface area contributed by atoms with Crippen LogP contribution in [0.15, 0.2) is 0 Å². The Hall–Kier alpha value is 0.200. The fourth-order valence-electron chi connectivity index (χ4n) is 2.25. The Morgan fingerprint density at radius 2 is 1.80 bits per heavy atom. The smallest absolute Gasteiger partial charge is 0.212 e. The lowest BCUT2D eigenvalue weighted by molar-refractivity contribution is 0.298. The van der Waals surface area contributed by atoms with Crippen molar-refractivity contribution in [1.82, 2.24) is 4.72 Å². The first kappa shape index (κ1) is 11.7. The minimum Gasteiger partial charge on any atom is -0.212 e. The summed E-state index contributed by atoms with van der Waals surface area (Å²) in [7, 11) is -3.09. The van der Waals surface area contributed by atoms with Crippen LogP contribution in [0.5, 0.6) is 0 Å². The minimum atomic E-state index is -3.09. The summed E-state index contributed by atoms with van der Waals surface area (Å²) in [6.07, 6.45) is 6.77. The molecule has 0 saturated heterocycles. The maximum Gasteiger partial charge on any atom is 0.215 e. The lowest BCUT2D eigenvalue weighted by Gasteiger charge is -2.36. The van der Waals surface area contributed by atoms with Crippen molar-refractivity contribution in [3.8, 4) is 0 Å². The molecule has 2 saturated carbocycles. The summed E-state index contributed by atoms with van der Waals surface area (Å²) in [5.41, 5.74) is -0.346. The second-order valence-corrected chi connectivity index (χ2v) is 7.05. The summed E-state index contributed by atoms with van der Waals surface area (Å²) < 4.78 is 26.6. The lowest BCUT2D eigenvalue weighted by Crippen LogP contribution is -2.52. The van der Waals surface area contributed by atoms with Crippen molar-refractivity contribution in [3.05, 3.63) is 0 Å². The van der Waals surface area contributed by atoms with E-state index in [1.54, 1.807) is 0 Å². The molecule has 0 aromatic heterocycles. The molecule has 0 bridgehead atoms. The van der Waals surface area contributed by atoms with Crippen molar-refractivity contribution in [2.75, 3.05) is 5.88 Å². The Kier molecular flexibility index (Phi) is 3.29. The van der Waals surface area contributed by atoms with E-state index in [-0.39, 0.29) is 10.8 Å². The van der Waals surface area contributed by atoms with E-state index >= 15 is 0 Å². The molecule has 5 heteroatoms. The zero-order valence-electron chi connectivity index (χ0n) is 8.84. The van der Waals surface area contributed by atoms with Crippen LogP contribution in [0.25, 0.3) is 0 Å². The van der Waals surface area contributed by atoms with Gasteiger partial charge in [-0.05, 0) is 25.7 Å². The molecule has 0 aromatic rings. The third-order valence-corrected chi connectivity index (χ3v) is 5.97. The van der Waals surface area contributed by atoms with Crippen LogP contribution < -0.4 is 4.72 Å². The molecule has 3 nitrogen and oxygen atoms in total. The number of halogens is 1. The number of sulfonamides is 1. The first-order valence-electron chi connectivity index (χ1n) is 5.67. The summed E-state index contributed by atoms with van der Waals surface area (Å²) in [5, 5.41) is -0.139. The van der Waals surface area contributed by atoms with Crippen molar-refractivity contribution in [1.29, 1.82) is 0 Å². The fourth-order valence-corrected chi connectivity index (χ4v) is 4.47. The molecule has 0 aromatic carbocycles. The molecule has 0 atom stereocenters. The molecular weight excluding hydrogens is 234 g/mol. The van der Waals surface area contributed by atoms with Gasteiger partial charge in [-0.25, -0.2) is 13.1 Å². The van der Waals surface area contributed by atoms with Crippen LogP contribution in [0.4, 0.5) is 0 Å². The van der Waals surface area contributed by atoms with Gasteiger partial charge in [-0.15, -0.1) is 11.6 Å². The molecule has 0 unspecified atom stereocenters. The van der Waals surface area contributed by atoms with E-state index in [4.69, 9.17) is 11.6 Å². The van der Waals surface area contributed by atoms with Gasteiger partial charge in [0.25, 0.3) is 0 Å². The van der Waals surface area contributed by atoms with E-state index in [1.807, 2.05) is 0 Å². The maximum atomic E-state index is 11.9. The highest BCUT2D eigenvalue weighted by molar-refractivity contribution is 7.90. The van der Waals surface area contributed by atoms with Gasteiger partial charge >= 0.3 is 0 Å². The third-order valence-electron chi connectivity index (χ3n) is 3.39. The molecule has 2 rings (SSSR count). The van der Waals surface area contributed by atoms with E-state index in [1.165, 1.54) is 6.42 Å². The predicted molar refractivity (Wildman–Crippen MR) is 61.6 cm³/mol. The Bertz CT molecular complexity index is 318. The zero-order valence-corrected chi connectivity index (χ0v) is 10.4. The molecular formula is C10H18ClNO2S. The highest BCUT2D eigenvalue weighted by atomic mass is 35.5. The first-order valence-corrected chi connectivity index (χ1v) is 7.75. The molecule has 2 aliphatic carbocycles. The Labute approximate surface area is 96.6 Å². The Morgan fingerprint density at radius 1 is 1.20 bits per heavy atom. The Balaban J connectivity index is 2.06. The second kappa shape index (κ2) is 4.22. The summed E-state index contributed by atoms with van der Waals surface area (Å²) in [5.74, 6) is 0.402. The monoisotopic (exact) mass is 251 g/mol. The van der Waals surface area contributed by atoms with Crippen LogP contribution in [0.3, 0.4) is 0 Å². The summed E-state index contributed by atoms with van der Waals surface area (Å²) >= 11 is 5.94. The van der Waals surface area contributed by atoms with Gasteiger partial charge in [0.1, 0.15) is 0 Å². The number of hydrogen-bond acceptors (Lipinski definition) is 2. The number of hydrogen-bond donors (Lipinski definition) is 1. The predicted octanol–water partition coefficient (Wildman–Crippen LogP) is 2.01. The fraction of sp³-hybridized carbons (Fsp3) is 1.00. The van der Waals surface area contributed by atoms with Crippen LogP contribution in [0.2, 0.25) is 0 Å². The largest absolute Gasteiger partial charge is 0.215 e. The van der Waals surface area contributed by atoms with Gasteiger partial charge in [0.15, 0.2) is 0 Å². The first-order chi connectivity index (χ1) is 7.08. The van der Waals surface area contributed by atoms with Crippen molar-refractivity contribution >= 4 is 21.6 Å². The molecule has 1 N–H and O–H groups in total. The molecule has 0 heterocycles. The van der Waals surface area contributed by atoms with Crippen molar-refractivity contribution in [2.24, 2.45) is 0 Å². The summed E-state index contributed by atoms with van der Waals surface area (Å²) in [6, 6.07) is 0. The third kappa shape index (κ3) is 2.66. The van der Waals surface area contributed by atoms with Gasteiger partial charge in [-0.2, -0.15) is 0 Å². The van der Waals surface area contributed by atoms with E-state index in [0.29, 0.717) is 5.88 Å². The molecule has 0 aliphatic heterocycles. The van der Waals surface area contributed by atoms with Crippen molar-refractivity contribution in [2.45, 2.75) is 55.7 Å². The van der Waals surface area contributed by atoms with Gasteiger partial charge in [0.05, 0.1) is 5.25 Å². The minimum absolute atomic E-state index is 0.139. The van der Waals surface area contributed by atoms with Crippen LogP contribution in [-0.4, -0.2) is 25.1 Å². The SMILES string of the molecule is O=S(=O)(NC1(CCl)CCCCC1)C1CC1. The summed E-state index contributed by atoms with van der Waals surface area (Å²) in [6.45, 7) is 0. The van der Waals surface area contributed by atoms with E-state index in [9.17, 15) is 8.42 Å². The van der Waals surface area contributed by atoms with Crippen LogP contribution in [-0.2, 0) is 10.0 Å². The van der Waals surface area contributed by atoms with E-state index in [0.717, 1.165) is 38.5 Å². The normalized spacial score (nSPS) is 26.5. The van der Waals surface area contributed by atoms with Crippen LogP contribution >= 0.6 is 11.6 Å². The molecule has 88 valence electrons. The number of nitrogens with one attached hydrogen (secondary N) is 1. The maximum absolute atomic E-state index is 11.9. The van der Waals surface area contributed by atoms with Crippen LogP contribution in [0.1, 0.15) is 44.9 Å². The van der Waals surface area contributed by atoms with Gasteiger partial charge in [-0.3, -0.25) is 0 Å². The average Bonchev–Trinajstić information content (AvgIpc) is 3.02. The van der Waals surface area contributed by atoms with E-state index < -0.39 is 10.0 Å². The van der Waals surface area contributed by atoms with Gasteiger partial charge in [0.2, 0.25) is 10.0 Å². The van der Waals surface area contributed by atoms with Gasteiger partial charge < -0.3 is 0 Å². The quantitative estimate of drug-likeness (QED) is 0.777. The van der Waals surface area contributed by atoms with E-state index in [2.05, 4.69) is 4.72 Å². The van der Waals surface area contributed by atoms with Crippen molar-refractivity contribution in [3.63, 3.8) is 0 Å². The second-order valence-electron chi connectivity index (χ2n) is 4.82. The molecule has 2 fully saturated rings. The topological polar surface area (TPSA) is 46.2 Å². The summed E-state index contributed by atoms with van der Waals surface area (Å²) in [4.78, 5) is 0. The average molecular weight is 252 g/mol. The standard InChI is InChI=1S/C10H18ClNO2S/c11-8-10(6-2-1-3-7-10)12-15(13,14)9-4-5-9/h9,12H,1-8H2. The van der Waals surface area contributed by atoms with Crippen LogP contribution in [0, 0.1) is 0 Å².